The summed E-state index contributed by atoms with van der Waals surface area (Å²) in [6.07, 6.45) is 0. The molecule has 2 rings (SSSR count). The predicted octanol–water partition coefficient (Wildman–Crippen LogP) is 2.54. The molecule has 0 atom stereocenters. The number of hydrogen-bond acceptors (Lipinski definition) is 5. The van der Waals surface area contributed by atoms with Crippen molar-refractivity contribution in [2.75, 3.05) is 25.2 Å². The van der Waals surface area contributed by atoms with Gasteiger partial charge in [0.15, 0.2) is 0 Å². The van der Waals surface area contributed by atoms with Crippen LogP contribution in [0.1, 0.15) is 0 Å². The lowest BCUT2D eigenvalue weighted by molar-refractivity contribution is 0.412. The van der Waals surface area contributed by atoms with Crippen molar-refractivity contribution in [3.8, 4) is 17.0 Å². The molecule has 0 saturated carbocycles. The van der Waals surface area contributed by atoms with E-state index < -0.39 is 0 Å². The van der Waals surface area contributed by atoms with Crippen LogP contribution in [0.5, 0.6) is 5.75 Å². The summed E-state index contributed by atoms with van der Waals surface area (Å²) >= 11 is 3.41. The molecule has 18 heavy (non-hydrogen) atoms. The van der Waals surface area contributed by atoms with Crippen LogP contribution < -0.4 is 15.8 Å². The van der Waals surface area contributed by atoms with Gasteiger partial charge in [-0.25, -0.2) is 4.98 Å². The van der Waals surface area contributed by atoms with Crippen molar-refractivity contribution in [2.24, 2.45) is 0 Å². The summed E-state index contributed by atoms with van der Waals surface area (Å²) in [5, 5.41) is 2.95. The number of nitrogens with zero attached hydrogens (tertiary/aromatic N) is 2. The van der Waals surface area contributed by atoms with E-state index in [-0.39, 0.29) is 5.95 Å². The van der Waals surface area contributed by atoms with E-state index >= 15 is 0 Å². The SMILES string of the molecule is CNc1cc(-c2ccc(Br)c(OC)c2)nc(N)n1. The second kappa shape index (κ2) is 5.22. The molecule has 0 spiro atoms. The number of ether oxygens (including phenoxy) is 1. The van der Waals surface area contributed by atoms with Crippen molar-refractivity contribution in [1.82, 2.24) is 9.97 Å². The van der Waals surface area contributed by atoms with Crippen molar-refractivity contribution in [3.63, 3.8) is 0 Å². The van der Waals surface area contributed by atoms with Crippen LogP contribution in [0.3, 0.4) is 0 Å². The van der Waals surface area contributed by atoms with Gasteiger partial charge in [-0.3, -0.25) is 0 Å². The highest BCUT2D eigenvalue weighted by molar-refractivity contribution is 9.10. The molecule has 0 unspecified atom stereocenters. The molecule has 0 aliphatic heterocycles. The van der Waals surface area contributed by atoms with E-state index in [1.165, 1.54) is 0 Å². The van der Waals surface area contributed by atoms with Crippen LogP contribution in [-0.2, 0) is 0 Å². The number of anilines is 2. The van der Waals surface area contributed by atoms with Crippen molar-refractivity contribution in [1.29, 1.82) is 0 Å². The van der Waals surface area contributed by atoms with E-state index in [0.29, 0.717) is 5.82 Å². The van der Waals surface area contributed by atoms with Gasteiger partial charge in [-0.2, -0.15) is 4.98 Å². The van der Waals surface area contributed by atoms with Gasteiger partial charge in [-0.15, -0.1) is 0 Å². The highest BCUT2D eigenvalue weighted by Gasteiger charge is 2.07. The zero-order chi connectivity index (χ0) is 13.1. The summed E-state index contributed by atoms with van der Waals surface area (Å²) < 4.78 is 6.15. The number of hydrogen-bond donors (Lipinski definition) is 2. The van der Waals surface area contributed by atoms with E-state index in [2.05, 4.69) is 31.2 Å². The molecular weight excluding hydrogens is 296 g/mol. The fraction of sp³-hybridized carbons (Fsp3) is 0.167. The van der Waals surface area contributed by atoms with Gasteiger partial charge < -0.3 is 15.8 Å². The largest absolute Gasteiger partial charge is 0.496 e. The highest BCUT2D eigenvalue weighted by atomic mass is 79.9. The molecular formula is C12H13BrN4O. The topological polar surface area (TPSA) is 73.1 Å². The maximum Gasteiger partial charge on any atom is 0.222 e. The first-order chi connectivity index (χ1) is 8.63. The van der Waals surface area contributed by atoms with E-state index in [0.717, 1.165) is 21.5 Å². The van der Waals surface area contributed by atoms with Gasteiger partial charge >= 0.3 is 0 Å². The molecule has 3 N–H and O–H groups in total. The molecule has 0 saturated heterocycles. The monoisotopic (exact) mass is 308 g/mol. The molecule has 0 amide bonds. The number of rotatable bonds is 3. The molecule has 94 valence electrons. The van der Waals surface area contributed by atoms with Gasteiger partial charge in [0, 0.05) is 18.7 Å². The Morgan fingerprint density at radius 1 is 1.28 bits per heavy atom. The lowest BCUT2D eigenvalue weighted by atomic mass is 10.1. The molecule has 0 fully saturated rings. The minimum Gasteiger partial charge on any atom is -0.496 e. The van der Waals surface area contributed by atoms with Crippen LogP contribution in [0.25, 0.3) is 11.3 Å². The van der Waals surface area contributed by atoms with Crippen LogP contribution in [-0.4, -0.2) is 24.1 Å². The zero-order valence-corrected chi connectivity index (χ0v) is 11.7. The summed E-state index contributed by atoms with van der Waals surface area (Å²) in [4.78, 5) is 8.27. The zero-order valence-electron chi connectivity index (χ0n) is 10.1. The maximum absolute atomic E-state index is 5.67. The fourth-order valence-electron chi connectivity index (χ4n) is 1.56. The Bertz CT molecular complexity index is 574. The Kier molecular flexibility index (Phi) is 3.66. The summed E-state index contributed by atoms with van der Waals surface area (Å²) in [6.45, 7) is 0. The van der Waals surface area contributed by atoms with Gasteiger partial charge in [0.05, 0.1) is 17.3 Å². The van der Waals surface area contributed by atoms with Gasteiger partial charge in [-0.1, -0.05) is 6.07 Å². The molecule has 1 aromatic heterocycles. The summed E-state index contributed by atoms with van der Waals surface area (Å²) in [6, 6.07) is 7.57. The van der Waals surface area contributed by atoms with Crippen LogP contribution >= 0.6 is 15.9 Å². The number of aromatic nitrogens is 2. The van der Waals surface area contributed by atoms with Gasteiger partial charge in [0.2, 0.25) is 5.95 Å². The average molecular weight is 309 g/mol. The second-order valence-corrected chi connectivity index (χ2v) is 4.45. The molecule has 5 nitrogen and oxygen atoms in total. The third kappa shape index (κ3) is 2.53. The highest BCUT2D eigenvalue weighted by Crippen LogP contribution is 2.30. The number of halogens is 1. The van der Waals surface area contributed by atoms with Gasteiger partial charge in [0.25, 0.3) is 0 Å². The minimum atomic E-state index is 0.235. The average Bonchev–Trinajstić information content (AvgIpc) is 2.38. The Labute approximate surface area is 114 Å². The second-order valence-electron chi connectivity index (χ2n) is 3.60. The number of nitrogens with one attached hydrogen (secondary N) is 1. The summed E-state index contributed by atoms with van der Waals surface area (Å²) in [5.41, 5.74) is 7.34. The summed E-state index contributed by atoms with van der Waals surface area (Å²) in [7, 11) is 3.41. The molecule has 6 heteroatoms. The number of benzene rings is 1. The maximum atomic E-state index is 5.67. The third-order valence-corrected chi connectivity index (χ3v) is 3.10. The number of nitrogen functional groups attached to an aromatic ring is 1. The Balaban J connectivity index is 2.51. The lowest BCUT2D eigenvalue weighted by Gasteiger charge is -2.08. The Morgan fingerprint density at radius 3 is 2.72 bits per heavy atom. The molecule has 0 bridgehead atoms. The Hall–Kier alpha value is -1.82. The predicted molar refractivity (Wildman–Crippen MR) is 75.7 cm³/mol. The van der Waals surface area contributed by atoms with Crippen LogP contribution in [0.4, 0.5) is 11.8 Å². The molecule has 0 radical (unpaired) electrons. The summed E-state index contributed by atoms with van der Waals surface area (Å²) in [5.74, 6) is 1.66. The van der Waals surface area contributed by atoms with Gasteiger partial charge in [0.1, 0.15) is 11.6 Å². The number of nitrogens with two attached hydrogens (primary N) is 1. The normalized spacial score (nSPS) is 10.2. The van der Waals surface area contributed by atoms with E-state index in [1.54, 1.807) is 14.2 Å². The van der Waals surface area contributed by atoms with Crippen LogP contribution in [0.15, 0.2) is 28.7 Å². The molecule has 2 aromatic rings. The van der Waals surface area contributed by atoms with Crippen molar-refractivity contribution in [2.45, 2.75) is 0 Å². The van der Waals surface area contributed by atoms with E-state index in [4.69, 9.17) is 10.5 Å². The quantitative estimate of drug-likeness (QED) is 0.911. The first-order valence-electron chi connectivity index (χ1n) is 5.30. The molecule has 0 aliphatic rings. The third-order valence-electron chi connectivity index (χ3n) is 2.45. The Morgan fingerprint density at radius 2 is 2.06 bits per heavy atom. The van der Waals surface area contributed by atoms with E-state index in [1.807, 2.05) is 24.3 Å². The van der Waals surface area contributed by atoms with Crippen LogP contribution in [0.2, 0.25) is 0 Å². The van der Waals surface area contributed by atoms with E-state index in [9.17, 15) is 0 Å². The van der Waals surface area contributed by atoms with Gasteiger partial charge in [-0.05, 0) is 28.1 Å². The standard InChI is InChI=1S/C12H13BrN4O/c1-15-11-6-9(16-12(14)17-11)7-3-4-8(13)10(5-7)18-2/h3-6H,1-2H3,(H3,14,15,16,17). The van der Waals surface area contributed by atoms with Crippen LogP contribution in [0, 0.1) is 0 Å². The first-order valence-corrected chi connectivity index (χ1v) is 6.09. The minimum absolute atomic E-state index is 0.235. The molecule has 0 aliphatic carbocycles. The first kappa shape index (κ1) is 12.6. The smallest absolute Gasteiger partial charge is 0.222 e. The van der Waals surface area contributed by atoms with Crippen molar-refractivity contribution >= 4 is 27.7 Å². The number of methoxy groups -OCH3 is 1. The molecule has 1 aromatic carbocycles. The fourth-order valence-corrected chi connectivity index (χ4v) is 1.97. The molecule has 1 heterocycles. The van der Waals surface area contributed by atoms with Crippen molar-refractivity contribution in [3.05, 3.63) is 28.7 Å². The lowest BCUT2D eigenvalue weighted by Crippen LogP contribution is -2.01. The van der Waals surface area contributed by atoms with Crippen molar-refractivity contribution < 1.29 is 4.74 Å².